The van der Waals surface area contributed by atoms with Gasteiger partial charge in [0.1, 0.15) is 0 Å². The number of hydrogen-bond acceptors (Lipinski definition) is 2. The van der Waals surface area contributed by atoms with Gasteiger partial charge in [-0.3, -0.25) is 9.69 Å². The predicted molar refractivity (Wildman–Crippen MR) is 105 cm³/mol. The number of carbonyl (C=O) groups is 1. The van der Waals surface area contributed by atoms with Gasteiger partial charge in [-0.1, -0.05) is 36.4 Å². The van der Waals surface area contributed by atoms with Gasteiger partial charge in [-0.15, -0.1) is 0 Å². The molecule has 1 N–H and O–H groups in total. The average Bonchev–Trinajstić information content (AvgIpc) is 2.59. The van der Waals surface area contributed by atoms with Crippen LogP contribution in [0, 0.1) is 13.8 Å². The molecule has 0 atom stereocenters. The van der Waals surface area contributed by atoms with Crippen LogP contribution in [0.2, 0.25) is 0 Å². The molecule has 0 aromatic heterocycles. The number of benzene rings is 2. The van der Waals surface area contributed by atoms with Gasteiger partial charge in [0.2, 0.25) is 5.91 Å². The summed E-state index contributed by atoms with van der Waals surface area (Å²) in [5.41, 5.74) is 7.34. The zero-order valence-electron chi connectivity index (χ0n) is 15.3. The highest BCUT2D eigenvalue weighted by atomic mass is 16.1. The molecule has 1 aliphatic heterocycles. The van der Waals surface area contributed by atoms with Crippen molar-refractivity contribution in [3.8, 4) is 0 Å². The van der Waals surface area contributed by atoms with Crippen LogP contribution < -0.4 is 5.32 Å². The van der Waals surface area contributed by atoms with Gasteiger partial charge in [0.25, 0.3) is 0 Å². The summed E-state index contributed by atoms with van der Waals surface area (Å²) < 4.78 is 0. The van der Waals surface area contributed by atoms with Gasteiger partial charge < -0.3 is 5.32 Å². The van der Waals surface area contributed by atoms with E-state index in [1.165, 1.54) is 22.3 Å². The number of carbonyl (C=O) groups excluding carboxylic acids is 1. The lowest BCUT2D eigenvalue weighted by Gasteiger charge is -2.27. The first-order valence-electron chi connectivity index (χ1n) is 8.87. The van der Waals surface area contributed by atoms with Crippen molar-refractivity contribution in [3.05, 3.63) is 70.8 Å². The lowest BCUT2D eigenvalue weighted by atomic mass is 9.93. The Balaban J connectivity index is 1.73. The number of aryl methyl sites for hydroxylation is 2. The minimum atomic E-state index is -0.0244. The van der Waals surface area contributed by atoms with E-state index in [1.54, 1.807) is 6.92 Å². The summed E-state index contributed by atoms with van der Waals surface area (Å²) in [7, 11) is 0. The third-order valence-electron chi connectivity index (χ3n) is 4.77. The Labute approximate surface area is 150 Å². The van der Waals surface area contributed by atoms with Gasteiger partial charge in [0, 0.05) is 32.2 Å². The molecule has 0 saturated heterocycles. The highest BCUT2D eigenvalue weighted by Crippen LogP contribution is 2.30. The molecule has 0 radical (unpaired) electrons. The fraction of sp³-hybridized carbons (Fsp3) is 0.318. The van der Waals surface area contributed by atoms with Crippen LogP contribution in [-0.2, 0) is 11.3 Å². The van der Waals surface area contributed by atoms with E-state index in [4.69, 9.17) is 0 Å². The van der Waals surface area contributed by atoms with E-state index in [-0.39, 0.29) is 5.91 Å². The summed E-state index contributed by atoms with van der Waals surface area (Å²) in [6.45, 7) is 8.79. The summed E-state index contributed by atoms with van der Waals surface area (Å²) in [5.74, 6) is -0.0244. The van der Waals surface area contributed by atoms with Crippen LogP contribution in [0.4, 0.5) is 5.69 Å². The quantitative estimate of drug-likeness (QED) is 0.889. The number of anilines is 1. The summed E-state index contributed by atoms with van der Waals surface area (Å²) in [4.78, 5) is 13.8. The van der Waals surface area contributed by atoms with Crippen molar-refractivity contribution >= 4 is 17.2 Å². The number of nitrogens with zero attached hydrogens (tertiary/aromatic N) is 1. The van der Waals surface area contributed by atoms with Gasteiger partial charge in [0.05, 0.1) is 0 Å². The largest absolute Gasteiger partial charge is 0.326 e. The van der Waals surface area contributed by atoms with Crippen molar-refractivity contribution in [2.75, 3.05) is 18.4 Å². The first kappa shape index (κ1) is 17.4. The first-order valence-corrected chi connectivity index (χ1v) is 8.87. The first-order chi connectivity index (χ1) is 12.0. The Morgan fingerprint density at radius 2 is 1.88 bits per heavy atom. The molecule has 1 aliphatic rings. The van der Waals surface area contributed by atoms with Crippen LogP contribution in [0.15, 0.2) is 48.5 Å². The second-order valence-electron chi connectivity index (χ2n) is 6.86. The summed E-state index contributed by atoms with van der Waals surface area (Å²) in [6, 6.07) is 14.9. The molecular weight excluding hydrogens is 308 g/mol. The molecule has 1 heterocycles. The van der Waals surface area contributed by atoms with Crippen LogP contribution in [0.3, 0.4) is 0 Å². The van der Waals surface area contributed by atoms with E-state index in [0.29, 0.717) is 0 Å². The number of hydrogen-bond donors (Lipinski definition) is 1. The zero-order chi connectivity index (χ0) is 17.8. The number of rotatable bonds is 4. The van der Waals surface area contributed by atoms with Gasteiger partial charge in [-0.25, -0.2) is 0 Å². The Morgan fingerprint density at radius 3 is 2.52 bits per heavy atom. The molecule has 0 bridgehead atoms. The van der Waals surface area contributed by atoms with Gasteiger partial charge >= 0.3 is 0 Å². The molecule has 0 unspecified atom stereocenters. The van der Waals surface area contributed by atoms with Crippen molar-refractivity contribution in [2.24, 2.45) is 0 Å². The molecular formula is C22H26N2O. The van der Waals surface area contributed by atoms with Gasteiger partial charge in [-0.05, 0) is 60.2 Å². The highest BCUT2D eigenvalue weighted by Gasteiger charge is 2.16. The van der Waals surface area contributed by atoms with E-state index in [2.05, 4.69) is 72.6 Å². The molecule has 0 saturated carbocycles. The minimum absolute atomic E-state index is 0.0244. The van der Waals surface area contributed by atoms with Crippen molar-refractivity contribution in [1.29, 1.82) is 0 Å². The molecule has 3 heteroatoms. The summed E-state index contributed by atoms with van der Waals surface area (Å²) in [6.07, 6.45) is 3.42. The van der Waals surface area contributed by atoms with Crippen LogP contribution in [0.1, 0.15) is 35.6 Å². The van der Waals surface area contributed by atoms with Gasteiger partial charge in [0.15, 0.2) is 0 Å². The maximum Gasteiger partial charge on any atom is 0.221 e. The van der Waals surface area contributed by atoms with Crippen LogP contribution >= 0.6 is 0 Å². The van der Waals surface area contributed by atoms with E-state index in [9.17, 15) is 4.79 Å². The number of amides is 1. The minimum Gasteiger partial charge on any atom is -0.326 e. The summed E-state index contributed by atoms with van der Waals surface area (Å²) in [5, 5.41) is 2.91. The van der Waals surface area contributed by atoms with E-state index in [1.807, 2.05) is 0 Å². The van der Waals surface area contributed by atoms with Crippen LogP contribution in [-0.4, -0.2) is 23.9 Å². The standard InChI is InChI=1S/C22H26N2O/c1-16-14-22(23-18(3)25)17(2)13-21(16)20-9-11-24(12-10-20)15-19-7-5-4-6-8-19/h4-9,13-14H,10-12,15H2,1-3H3,(H,23,25). The van der Waals surface area contributed by atoms with Crippen LogP contribution in [0.5, 0.6) is 0 Å². The van der Waals surface area contributed by atoms with Crippen molar-refractivity contribution in [1.82, 2.24) is 4.90 Å². The Kier molecular flexibility index (Phi) is 5.34. The van der Waals surface area contributed by atoms with Crippen LogP contribution in [0.25, 0.3) is 5.57 Å². The zero-order valence-corrected chi connectivity index (χ0v) is 15.3. The molecule has 130 valence electrons. The van der Waals surface area contributed by atoms with Gasteiger partial charge in [-0.2, -0.15) is 0 Å². The molecule has 0 aliphatic carbocycles. The van der Waals surface area contributed by atoms with Crippen molar-refractivity contribution < 1.29 is 4.79 Å². The molecule has 2 aromatic rings. The molecule has 3 rings (SSSR count). The fourth-order valence-corrected chi connectivity index (χ4v) is 3.43. The maximum absolute atomic E-state index is 11.3. The lowest BCUT2D eigenvalue weighted by Crippen LogP contribution is -2.28. The third-order valence-corrected chi connectivity index (χ3v) is 4.77. The average molecular weight is 334 g/mol. The molecule has 2 aromatic carbocycles. The Bertz CT molecular complexity index is 793. The lowest BCUT2D eigenvalue weighted by molar-refractivity contribution is -0.114. The Morgan fingerprint density at radius 1 is 1.12 bits per heavy atom. The Hall–Kier alpha value is -2.39. The second kappa shape index (κ2) is 7.66. The molecule has 0 fully saturated rings. The molecule has 3 nitrogen and oxygen atoms in total. The topological polar surface area (TPSA) is 32.3 Å². The number of nitrogens with one attached hydrogen (secondary N) is 1. The highest BCUT2D eigenvalue weighted by molar-refractivity contribution is 5.90. The van der Waals surface area contributed by atoms with Crippen molar-refractivity contribution in [2.45, 2.75) is 33.7 Å². The third kappa shape index (κ3) is 4.37. The van der Waals surface area contributed by atoms with E-state index >= 15 is 0 Å². The SMILES string of the molecule is CC(=O)Nc1cc(C)c(C2=CCN(Cc3ccccc3)CC2)cc1C. The smallest absolute Gasteiger partial charge is 0.221 e. The molecule has 25 heavy (non-hydrogen) atoms. The van der Waals surface area contributed by atoms with E-state index < -0.39 is 0 Å². The van der Waals surface area contributed by atoms with E-state index in [0.717, 1.165) is 37.3 Å². The second-order valence-corrected chi connectivity index (χ2v) is 6.86. The molecule has 0 spiro atoms. The summed E-state index contributed by atoms with van der Waals surface area (Å²) >= 11 is 0. The normalized spacial score (nSPS) is 14.9. The maximum atomic E-state index is 11.3. The van der Waals surface area contributed by atoms with Crippen molar-refractivity contribution in [3.63, 3.8) is 0 Å². The predicted octanol–water partition coefficient (Wildman–Crippen LogP) is 4.55. The fourth-order valence-electron chi connectivity index (χ4n) is 3.43. The monoisotopic (exact) mass is 334 g/mol. The molecule has 1 amide bonds.